The molecule has 3 aliphatic rings. The number of likely N-dealkylation sites (tertiary alicyclic amines) is 1. The van der Waals surface area contributed by atoms with Crippen LogP contribution in [0.25, 0.3) is 0 Å². The van der Waals surface area contributed by atoms with Crippen LogP contribution >= 0.6 is 11.6 Å². The van der Waals surface area contributed by atoms with E-state index in [4.69, 9.17) is 21.1 Å². The molecule has 8 heteroatoms. The number of piperidine rings is 1. The van der Waals surface area contributed by atoms with Crippen LogP contribution in [0.3, 0.4) is 0 Å². The van der Waals surface area contributed by atoms with Gasteiger partial charge in [0.25, 0.3) is 11.8 Å². The first-order valence-corrected chi connectivity index (χ1v) is 12.6. The normalized spacial score (nSPS) is 20.0. The molecule has 3 aliphatic heterocycles. The summed E-state index contributed by atoms with van der Waals surface area (Å²) >= 11 is 5.94. The second-order valence-electron chi connectivity index (χ2n) is 9.47. The van der Waals surface area contributed by atoms with Crippen LogP contribution < -0.4 is 5.32 Å². The highest BCUT2D eigenvalue weighted by Crippen LogP contribution is 2.32. The quantitative estimate of drug-likeness (QED) is 0.622. The van der Waals surface area contributed by atoms with Crippen molar-refractivity contribution in [3.8, 4) is 0 Å². The lowest BCUT2D eigenvalue weighted by Gasteiger charge is -2.31. The van der Waals surface area contributed by atoms with Crippen LogP contribution in [-0.2, 0) is 9.47 Å². The second kappa shape index (κ2) is 10.5. The summed E-state index contributed by atoms with van der Waals surface area (Å²) in [6, 6.07) is 11.0. The molecule has 2 fully saturated rings. The lowest BCUT2D eigenvalue weighted by Crippen LogP contribution is -2.41. The van der Waals surface area contributed by atoms with Crippen LogP contribution in [0.1, 0.15) is 44.7 Å². The van der Waals surface area contributed by atoms with E-state index in [0.717, 1.165) is 43.6 Å². The maximum Gasteiger partial charge on any atom is 0.253 e. The van der Waals surface area contributed by atoms with Gasteiger partial charge in [-0.1, -0.05) is 11.6 Å². The minimum absolute atomic E-state index is 0.0741. The van der Waals surface area contributed by atoms with Crippen molar-refractivity contribution in [2.24, 2.45) is 5.92 Å². The third-order valence-corrected chi connectivity index (χ3v) is 7.41. The maximum atomic E-state index is 12.8. The molecule has 2 saturated heterocycles. The molecule has 1 N–H and O–H groups in total. The molecule has 0 aromatic heterocycles. The number of halogens is 1. The lowest BCUT2D eigenvalue weighted by molar-refractivity contribution is -0.456. The molecule has 5 rings (SSSR count). The molecule has 35 heavy (non-hydrogen) atoms. The molecule has 1 atom stereocenters. The zero-order valence-electron chi connectivity index (χ0n) is 20.0. The summed E-state index contributed by atoms with van der Waals surface area (Å²) < 4.78 is 13.3. The molecule has 0 bridgehead atoms. The molecular formula is C27H31ClN3O4+. The van der Waals surface area contributed by atoms with Gasteiger partial charge in [-0.05, 0) is 55.7 Å². The van der Waals surface area contributed by atoms with Crippen LogP contribution in [0.2, 0.25) is 5.02 Å². The molecule has 184 valence electrons. The van der Waals surface area contributed by atoms with Crippen LogP contribution in [0.4, 0.5) is 5.69 Å². The first-order chi connectivity index (χ1) is 17.0. The Hall–Kier alpha value is -2.74. The van der Waals surface area contributed by atoms with Gasteiger partial charge < -0.3 is 19.7 Å². The topological polar surface area (TPSA) is 70.9 Å². The smallest absolute Gasteiger partial charge is 0.253 e. The summed E-state index contributed by atoms with van der Waals surface area (Å²) in [5.41, 5.74) is 4.69. The summed E-state index contributed by atoms with van der Waals surface area (Å²) in [4.78, 5) is 27.4. The van der Waals surface area contributed by atoms with E-state index >= 15 is 0 Å². The largest absolute Gasteiger partial charge is 0.376 e. The van der Waals surface area contributed by atoms with Gasteiger partial charge >= 0.3 is 0 Å². The molecule has 2 amide bonds. The number of carbonyl (C=O) groups excluding carboxylic acids is 2. The summed E-state index contributed by atoms with van der Waals surface area (Å²) in [5.74, 6) is 0.517. The van der Waals surface area contributed by atoms with Gasteiger partial charge in [0, 0.05) is 47.8 Å². The van der Waals surface area contributed by atoms with Crippen molar-refractivity contribution in [3.05, 3.63) is 63.7 Å². The summed E-state index contributed by atoms with van der Waals surface area (Å²) in [7, 11) is 0. The molecule has 0 spiro atoms. The van der Waals surface area contributed by atoms with Crippen molar-refractivity contribution in [3.63, 3.8) is 0 Å². The highest BCUT2D eigenvalue weighted by molar-refractivity contribution is 6.30. The molecular weight excluding hydrogens is 466 g/mol. The number of benzene rings is 2. The monoisotopic (exact) mass is 496 g/mol. The molecule has 7 nitrogen and oxygen atoms in total. The number of carbonyl (C=O) groups is 2. The minimum Gasteiger partial charge on any atom is -0.376 e. The van der Waals surface area contributed by atoms with Gasteiger partial charge in [0.15, 0.2) is 12.8 Å². The van der Waals surface area contributed by atoms with Crippen LogP contribution in [0, 0.1) is 12.8 Å². The van der Waals surface area contributed by atoms with Gasteiger partial charge in [0.05, 0.1) is 25.9 Å². The Kier molecular flexibility index (Phi) is 7.18. The van der Waals surface area contributed by atoms with Crippen molar-refractivity contribution in [1.29, 1.82) is 0 Å². The van der Waals surface area contributed by atoms with Crippen molar-refractivity contribution < 1.29 is 23.6 Å². The number of rotatable bonds is 6. The van der Waals surface area contributed by atoms with E-state index in [9.17, 15) is 9.59 Å². The Morgan fingerprint density at radius 2 is 1.89 bits per heavy atom. The maximum absolute atomic E-state index is 12.8. The SMILES string of the molecule is Cc1c(C(=O)NCC2COCCO2)ccc2c1C=[N+]2CC1CCN(C(=O)c2ccc(Cl)cc2)CC1. The fourth-order valence-electron chi connectivity index (χ4n) is 5.01. The average molecular weight is 497 g/mol. The second-order valence-corrected chi connectivity index (χ2v) is 9.91. The highest BCUT2D eigenvalue weighted by atomic mass is 35.5. The number of nitrogens with one attached hydrogen (secondary N) is 1. The minimum atomic E-state index is -0.0883. The third-order valence-electron chi connectivity index (χ3n) is 7.15. The Morgan fingerprint density at radius 3 is 2.60 bits per heavy atom. The van der Waals surface area contributed by atoms with E-state index in [0.29, 0.717) is 48.4 Å². The predicted molar refractivity (Wildman–Crippen MR) is 134 cm³/mol. The summed E-state index contributed by atoms with van der Waals surface area (Å²) in [6.07, 6.45) is 4.01. The van der Waals surface area contributed by atoms with Crippen LogP contribution in [0.5, 0.6) is 0 Å². The van der Waals surface area contributed by atoms with E-state index in [1.54, 1.807) is 24.3 Å². The van der Waals surface area contributed by atoms with Gasteiger partial charge in [-0.3, -0.25) is 9.59 Å². The van der Waals surface area contributed by atoms with E-state index in [2.05, 4.69) is 16.1 Å². The van der Waals surface area contributed by atoms with Gasteiger partial charge in [0.1, 0.15) is 5.56 Å². The molecule has 0 radical (unpaired) electrons. The van der Waals surface area contributed by atoms with E-state index in [-0.39, 0.29) is 17.9 Å². The standard InChI is InChI=1S/C27H30ClN3O4/c1-18-23(26(32)29-14-22-17-34-12-13-35-22)6-7-25-24(18)16-31(25)15-19-8-10-30(11-9-19)27(33)20-2-4-21(28)5-3-20/h2-7,16,19,22H,8-15,17H2,1H3/p+1. The Labute approximate surface area is 210 Å². The average Bonchev–Trinajstić information content (AvgIpc) is 2.87. The van der Waals surface area contributed by atoms with Gasteiger partial charge in [-0.2, -0.15) is 4.58 Å². The van der Waals surface area contributed by atoms with E-state index < -0.39 is 0 Å². The third kappa shape index (κ3) is 5.27. The molecule has 3 heterocycles. The predicted octanol–water partition coefficient (Wildman–Crippen LogP) is 3.42. The molecule has 1 unspecified atom stereocenters. The number of hydrogen-bond acceptors (Lipinski definition) is 4. The van der Waals surface area contributed by atoms with Gasteiger partial charge in [0.2, 0.25) is 5.69 Å². The van der Waals surface area contributed by atoms with Crippen LogP contribution in [0.15, 0.2) is 36.4 Å². The highest BCUT2D eigenvalue weighted by Gasteiger charge is 2.33. The molecule has 2 aromatic rings. The first kappa shape index (κ1) is 24.0. The number of amides is 2. The van der Waals surface area contributed by atoms with Gasteiger partial charge in [-0.15, -0.1) is 0 Å². The Morgan fingerprint density at radius 1 is 1.11 bits per heavy atom. The summed E-state index contributed by atoms with van der Waals surface area (Å²) in [5, 5.41) is 3.61. The lowest BCUT2D eigenvalue weighted by atomic mass is 9.92. The van der Waals surface area contributed by atoms with Crippen molar-refractivity contribution >= 4 is 35.3 Å². The zero-order chi connectivity index (χ0) is 24.4. The molecule has 0 saturated carbocycles. The van der Waals surface area contributed by atoms with E-state index in [1.807, 2.05) is 24.0 Å². The molecule has 0 aliphatic carbocycles. The van der Waals surface area contributed by atoms with Crippen LogP contribution in [-0.4, -0.2) is 79.6 Å². The summed E-state index contributed by atoms with van der Waals surface area (Å²) in [6.45, 7) is 6.61. The number of hydrogen-bond donors (Lipinski definition) is 1. The van der Waals surface area contributed by atoms with Crippen molar-refractivity contribution in [1.82, 2.24) is 10.2 Å². The zero-order valence-corrected chi connectivity index (χ0v) is 20.7. The van der Waals surface area contributed by atoms with E-state index in [1.165, 1.54) is 5.69 Å². The number of nitrogens with zero attached hydrogens (tertiary/aromatic N) is 2. The number of ether oxygens (including phenoxy) is 2. The fourth-order valence-corrected chi connectivity index (χ4v) is 5.14. The van der Waals surface area contributed by atoms with Crippen molar-refractivity contribution in [2.45, 2.75) is 25.9 Å². The first-order valence-electron chi connectivity index (χ1n) is 12.3. The van der Waals surface area contributed by atoms with Gasteiger partial charge in [-0.25, -0.2) is 0 Å². The Balaban J connectivity index is 1.13. The molecule has 2 aromatic carbocycles. The van der Waals surface area contributed by atoms with Crippen molar-refractivity contribution in [2.75, 3.05) is 46.0 Å². The number of fused-ring (bicyclic) bond motifs is 1. The fraction of sp³-hybridized carbons (Fsp3) is 0.444. The Bertz CT molecular complexity index is 1130.